The van der Waals surface area contributed by atoms with Crippen LogP contribution in [0, 0.1) is 0 Å². The maximum Gasteiger partial charge on any atom is 0.134 e. The zero-order valence-electron chi connectivity index (χ0n) is 12.9. The SMILES string of the molecule is OC(/C=C/c1ccccc1)(c1ccc(Br)cc1)c1ccc(Br)cc1. The lowest BCUT2D eigenvalue weighted by molar-refractivity contribution is 0.135. The lowest BCUT2D eigenvalue weighted by Gasteiger charge is -2.26. The van der Waals surface area contributed by atoms with Crippen LogP contribution in [0.25, 0.3) is 6.08 Å². The van der Waals surface area contributed by atoms with Crippen molar-refractivity contribution in [1.82, 2.24) is 0 Å². The van der Waals surface area contributed by atoms with Crippen LogP contribution < -0.4 is 0 Å². The Kier molecular flexibility index (Phi) is 5.34. The van der Waals surface area contributed by atoms with E-state index in [0.29, 0.717) is 0 Å². The number of aliphatic hydroxyl groups is 1. The Bertz CT molecular complexity index is 776. The normalized spacial score (nSPS) is 11.8. The van der Waals surface area contributed by atoms with E-state index < -0.39 is 5.60 Å². The van der Waals surface area contributed by atoms with E-state index in [0.717, 1.165) is 25.6 Å². The second-order valence-corrected chi connectivity index (χ2v) is 7.36. The Morgan fingerprint density at radius 3 is 1.58 bits per heavy atom. The molecule has 24 heavy (non-hydrogen) atoms. The molecule has 0 fully saturated rings. The maximum absolute atomic E-state index is 11.5. The molecule has 0 aromatic heterocycles. The predicted octanol–water partition coefficient (Wildman–Crippen LogP) is 6.16. The molecule has 0 saturated carbocycles. The highest BCUT2D eigenvalue weighted by atomic mass is 79.9. The van der Waals surface area contributed by atoms with Crippen molar-refractivity contribution in [1.29, 1.82) is 0 Å². The van der Waals surface area contributed by atoms with Crippen molar-refractivity contribution in [3.8, 4) is 0 Å². The first kappa shape index (κ1) is 17.2. The number of hydrogen-bond acceptors (Lipinski definition) is 1. The molecule has 3 rings (SSSR count). The fourth-order valence-corrected chi connectivity index (χ4v) is 3.08. The molecule has 3 heteroatoms. The van der Waals surface area contributed by atoms with Crippen LogP contribution in [0.1, 0.15) is 16.7 Å². The molecule has 120 valence electrons. The smallest absolute Gasteiger partial charge is 0.134 e. The van der Waals surface area contributed by atoms with Crippen LogP contribution in [-0.2, 0) is 5.60 Å². The zero-order valence-corrected chi connectivity index (χ0v) is 16.0. The molecule has 0 saturated heterocycles. The first-order valence-corrected chi connectivity index (χ1v) is 9.15. The molecule has 0 bridgehead atoms. The van der Waals surface area contributed by atoms with Gasteiger partial charge in [0.1, 0.15) is 5.60 Å². The van der Waals surface area contributed by atoms with Crippen LogP contribution in [0.3, 0.4) is 0 Å². The molecule has 0 atom stereocenters. The quantitative estimate of drug-likeness (QED) is 0.511. The lowest BCUT2D eigenvalue weighted by atomic mass is 9.85. The van der Waals surface area contributed by atoms with Gasteiger partial charge in [0.05, 0.1) is 0 Å². The molecule has 0 aliphatic carbocycles. The fraction of sp³-hybridized carbons (Fsp3) is 0.0476. The third kappa shape index (κ3) is 3.86. The van der Waals surface area contributed by atoms with Crippen LogP contribution in [-0.4, -0.2) is 5.11 Å². The number of hydrogen-bond donors (Lipinski definition) is 1. The van der Waals surface area contributed by atoms with Gasteiger partial charge in [-0.05, 0) is 47.0 Å². The van der Waals surface area contributed by atoms with Gasteiger partial charge in [-0.3, -0.25) is 0 Å². The average molecular weight is 444 g/mol. The third-order valence-corrected chi connectivity index (χ3v) is 4.94. The van der Waals surface area contributed by atoms with Gasteiger partial charge in [0.25, 0.3) is 0 Å². The second-order valence-electron chi connectivity index (χ2n) is 5.52. The van der Waals surface area contributed by atoms with Gasteiger partial charge in [-0.2, -0.15) is 0 Å². The lowest BCUT2D eigenvalue weighted by Crippen LogP contribution is -2.24. The number of benzene rings is 3. The minimum absolute atomic E-state index is 0.820. The van der Waals surface area contributed by atoms with Gasteiger partial charge in [0, 0.05) is 8.95 Å². The summed E-state index contributed by atoms with van der Waals surface area (Å²) in [7, 11) is 0. The van der Waals surface area contributed by atoms with E-state index in [4.69, 9.17) is 0 Å². The average Bonchev–Trinajstić information content (AvgIpc) is 2.62. The summed E-state index contributed by atoms with van der Waals surface area (Å²) in [5.41, 5.74) is 1.49. The third-order valence-electron chi connectivity index (χ3n) is 3.89. The Hall–Kier alpha value is -1.68. The summed E-state index contributed by atoms with van der Waals surface area (Å²) >= 11 is 6.90. The summed E-state index contributed by atoms with van der Waals surface area (Å²) in [4.78, 5) is 0. The molecule has 1 N–H and O–H groups in total. The molecule has 1 nitrogen and oxygen atoms in total. The number of rotatable bonds is 4. The zero-order chi connectivity index (χ0) is 17.0. The minimum atomic E-state index is -1.20. The molecule has 3 aromatic rings. The highest BCUT2D eigenvalue weighted by Crippen LogP contribution is 2.33. The van der Waals surface area contributed by atoms with Crippen molar-refractivity contribution < 1.29 is 5.11 Å². The van der Waals surface area contributed by atoms with E-state index in [-0.39, 0.29) is 0 Å². The van der Waals surface area contributed by atoms with Gasteiger partial charge >= 0.3 is 0 Å². The molecule has 0 aliphatic heterocycles. The van der Waals surface area contributed by atoms with Gasteiger partial charge in [-0.1, -0.05) is 92.5 Å². The van der Waals surface area contributed by atoms with E-state index >= 15 is 0 Å². The van der Waals surface area contributed by atoms with Crippen molar-refractivity contribution >= 4 is 37.9 Å². The van der Waals surface area contributed by atoms with E-state index in [1.807, 2.05) is 91.0 Å². The van der Waals surface area contributed by atoms with Crippen LogP contribution in [0.2, 0.25) is 0 Å². The first-order valence-electron chi connectivity index (χ1n) is 7.57. The molecule has 0 aliphatic rings. The van der Waals surface area contributed by atoms with E-state index in [1.165, 1.54) is 0 Å². The molecule has 0 spiro atoms. The Balaban J connectivity index is 2.07. The molecular formula is C21H16Br2O. The van der Waals surface area contributed by atoms with Crippen molar-refractivity contribution in [2.75, 3.05) is 0 Å². The monoisotopic (exact) mass is 442 g/mol. The summed E-state index contributed by atoms with van der Waals surface area (Å²) in [6.07, 6.45) is 3.79. The summed E-state index contributed by atoms with van der Waals surface area (Å²) in [6, 6.07) is 25.5. The van der Waals surface area contributed by atoms with Crippen molar-refractivity contribution in [3.05, 3.63) is 111 Å². The predicted molar refractivity (Wildman–Crippen MR) is 107 cm³/mol. The highest BCUT2D eigenvalue weighted by Gasteiger charge is 2.28. The van der Waals surface area contributed by atoms with E-state index in [9.17, 15) is 5.11 Å². The van der Waals surface area contributed by atoms with Crippen LogP contribution >= 0.6 is 31.9 Å². The molecule has 0 amide bonds. The van der Waals surface area contributed by atoms with Gasteiger partial charge in [-0.15, -0.1) is 0 Å². The number of halogens is 2. The first-order chi connectivity index (χ1) is 11.6. The molecule has 3 aromatic carbocycles. The second kappa shape index (κ2) is 7.47. The fourth-order valence-electron chi connectivity index (χ4n) is 2.55. The van der Waals surface area contributed by atoms with Crippen LogP contribution in [0.5, 0.6) is 0 Å². The Morgan fingerprint density at radius 2 is 1.12 bits per heavy atom. The van der Waals surface area contributed by atoms with Gasteiger partial charge < -0.3 is 5.11 Å². The summed E-state index contributed by atoms with van der Waals surface area (Å²) in [6.45, 7) is 0. The van der Waals surface area contributed by atoms with E-state index in [1.54, 1.807) is 0 Å². The van der Waals surface area contributed by atoms with Crippen molar-refractivity contribution in [2.45, 2.75) is 5.60 Å². The van der Waals surface area contributed by atoms with E-state index in [2.05, 4.69) is 31.9 Å². The Morgan fingerprint density at radius 1 is 0.667 bits per heavy atom. The van der Waals surface area contributed by atoms with Gasteiger partial charge in [0.15, 0.2) is 0 Å². The maximum atomic E-state index is 11.5. The highest BCUT2D eigenvalue weighted by molar-refractivity contribution is 9.10. The summed E-state index contributed by atoms with van der Waals surface area (Å²) in [5.74, 6) is 0. The van der Waals surface area contributed by atoms with Crippen LogP contribution in [0.15, 0.2) is 93.9 Å². The standard InChI is InChI=1S/C21H16Br2O/c22-19-10-6-17(7-11-19)21(24,18-8-12-20(23)13-9-18)15-14-16-4-2-1-3-5-16/h1-15,24H/b15-14+. The van der Waals surface area contributed by atoms with Crippen molar-refractivity contribution in [2.24, 2.45) is 0 Å². The molecular weight excluding hydrogens is 428 g/mol. The largest absolute Gasteiger partial charge is 0.377 e. The topological polar surface area (TPSA) is 20.2 Å². The molecule has 0 radical (unpaired) electrons. The van der Waals surface area contributed by atoms with Gasteiger partial charge in [-0.25, -0.2) is 0 Å². The molecule has 0 heterocycles. The van der Waals surface area contributed by atoms with Gasteiger partial charge in [0.2, 0.25) is 0 Å². The Labute approximate surface area is 158 Å². The van der Waals surface area contributed by atoms with Crippen LogP contribution in [0.4, 0.5) is 0 Å². The summed E-state index contributed by atoms with van der Waals surface area (Å²) in [5, 5.41) is 11.5. The molecule has 0 unspecified atom stereocenters. The summed E-state index contributed by atoms with van der Waals surface area (Å²) < 4.78 is 1.97. The van der Waals surface area contributed by atoms with Crippen molar-refractivity contribution in [3.63, 3.8) is 0 Å². The minimum Gasteiger partial charge on any atom is -0.377 e.